The lowest BCUT2D eigenvalue weighted by Crippen LogP contribution is -2.18. The summed E-state index contributed by atoms with van der Waals surface area (Å²) in [6.07, 6.45) is 0. The molecule has 11 heteroatoms. The highest BCUT2D eigenvalue weighted by atomic mass is 32.1. The molecule has 32 aromatic rings. The van der Waals surface area contributed by atoms with E-state index in [0.29, 0.717) is 23.6 Å². The Balaban J connectivity index is 0.546. The van der Waals surface area contributed by atoms with Crippen LogP contribution < -0.4 is 0 Å². The molecule has 0 atom stereocenters. The second kappa shape index (κ2) is 29.6. The van der Waals surface area contributed by atoms with Crippen LogP contribution in [0.2, 0.25) is 0 Å². The van der Waals surface area contributed by atoms with Gasteiger partial charge in [-0.2, -0.15) is 4.98 Å². The van der Waals surface area contributed by atoms with Gasteiger partial charge in [-0.1, -0.05) is 354 Å². The van der Waals surface area contributed by atoms with Crippen molar-refractivity contribution in [3.63, 3.8) is 0 Å². The number of hydrogen-bond donors (Lipinski definition) is 0. The van der Waals surface area contributed by atoms with Gasteiger partial charge in [-0.15, -0.1) is 11.3 Å². The van der Waals surface area contributed by atoms with Crippen molar-refractivity contribution in [1.29, 1.82) is 0 Å². The minimum Gasteiger partial charge on any atom is -0.437 e. The van der Waals surface area contributed by atoms with Crippen molar-refractivity contribution >= 4 is 248 Å². The first-order valence-electron chi connectivity index (χ1n) is 50.0. The molecule has 0 saturated heterocycles. The van der Waals surface area contributed by atoms with Crippen LogP contribution in [0.4, 0.5) is 0 Å². The monoisotopic (exact) mass is 1870 g/mol. The van der Waals surface area contributed by atoms with E-state index in [4.69, 9.17) is 34.3 Å². The first kappa shape index (κ1) is 79.8. The Morgan fingerprint density at radius 3 is 1.03 bits per heavy atom. The zero-order chi connectivity index (χ0) is 95.3. The number of rotatable bonds is 8. The lowest BCUT2D eigenvalue weighted by atomic mass is 9.84. The van der Waals surface area contributed by atoms with E-state index in [0.717, 1.165) is 219 Å². The topological polar surface area (TPSA) is 105 Å². The lowest BCUT2D eigenvalue weighted by molar-refractivity contribution is 0.632. The molecule has 8 aromatic heterocycles. The molecule has 0 aliphatic heterocycles. The maximum Gasteiger partial charge on any atom is 0.238 e. The van der Waals surface area contributed by atoms with E-state index in [2.05, 4.69) is 458 Å². The van der Waals surface area contributed by atoms with E-state index in [9.17, 15) is 0 Å². The summed E-state index contributed by atoms with van der Waals surface area (Å²) in [6.45, 7) is 4.69. The van der Waals surface area contributed by atoms with Gasteiger partial charge in [0.05, 0.1) is 61.3 Å². The number of hydrogen-bond acceptors (Lipinski definition) is 8. The van der Waals surface area contributed by atoms with Gasteiger partial charge in [0.15, 0.2) is 0 Å². The number of benzene rings is 24. The minimum absolute atomic E-state index is 0.497. The van der Waals surface area contributed by atoms with E-state index in [-0.39, 0.29) is 0 Å². The van der Waals surface area contributed by atoms with Crippen molar-refractivity contribution in [1.82, 2.24) is 43.6 Å². The number of nitrogens with zero attached hydrogens (tertiary/aromatic N) is 9. The third-order valence-electron chi connectivity index (χ3n) is 32.1. The summed E-state index contributed by atoms with van der Waals surface area (Å²) in [5.41, 5.74) is 21.2. The zero-order valence-electron chi connectivity index (χ0n) is 78.8. The fraction of sp³-hybridized carbons (Fsp3) is 0.0222. The number of fused-ring (bicyclic) bond motifs is 42. The predicted octanol–water partition coefficient (Wildman–Crippen LogP) is 36.1. The molecule has 8 heterocycles. The second-order valence-corrected chi connectivity index (χ2v) is 41.1. The summed E-state index contributed by atoms with van der Waals surface area (Å²) >= 11 is 1.72. The van der Waals surface area contributed by atoms with Crippen molar-refractivity contribution in [2.24, 2.45) is 0 Å². The Labute approximate surface area is 836 Å². The first-order chi connectivity index (χ1) is 72.1. The zero-order valence-corrected chi connectivity index (χ0v) is 79.6. The van der Waals surface area contributed by atoms with Gasteiger partial charge in [-0.25, -0.2) is 24.9 Å². The predicted molar refractivity (Wildman–Crippen MR) is 611 cm³/mol. The van der Waals surface area contributed by atoms with E-state index in [1.165, 1.54) is 91.1 Å². The van der Waals surface area contributed by atoms with Crippen LogP contribution in [-0.2, 0) is 5.41 Å². The smallest absolute Gasteiger partial charge is 0.238 e. The quantitative estimate of drug-likeness (QED) is 0.140. The van der Waals surface area contributed by atoms with Crippen LogP contribution in [-0.4, -0.2) is 43.6 Å². The van der Waals surface area contributed by atoms with Crippen molar-refractivity contribution in [2.75, 3.05) is 0 Å². The Morgan fingerprint density at radius 1 is 0.219 bits per heavy atom. The molecule has 0 N–H and O–H groups in total. The number of thiophene rings is 1. The SMILES string of the molecule is CC1(C)c2ccc(-c3ccc4c(c3)c3ccccc3c3ccc5c(c6cc7ccccc7cc6n5-c5nc(-c6ccccc6)c6c(n5)oc5ccc(-c7ccc8c(c7)c7ccccc7c7ccc9c(c%10cc%11ccccc%11cc%10n9-c9nc(-c%10ccccc%10)c%10c(n9)sc9ccccc9%10)c78)cc56)c34)cc2-c2c(-c3ccccc3)nc(-n3c4cc5ccccc5cc4c4c5c6ccccc6c6ccccc6c5ccc43)nc21. The van der Waals surface area contributed by atoms with Gasteiger partial charge in [-0.3, -0.25) is 13.7 Å². The van der Waals surface area contributed by atoms with Crippen LogP contribution >= 0.6 is 11.3 Å². The van der Waals surface area contributed by atoms with Crippen LogP contribution in [0, 0.1) is 0 Å². The van der Waals surface area contributed by atoms with Crippen molar-refractivity contribution in [3.05, 3.63) is 442 Å². The normalized spacial score (nSPS) is 12.9. The van der Waals surface area contributed by atoms with Crippen molar-refractivity contribution < 1.29 is 4.42 Å². The molecule has 674 valence electrons. The van der Waals surface area contributed by atoms with E-state index in [1.54, 1.807) is 11.3 Å². The Bertz CT molecular complexity index is 11500. The fourth-order valence-electron chi connectivity index (χ4n) is 25.6. The van der Waals surface area contributed by atoms with Crippen LogP contribution in [0.1, 0.15) is 25.1 Å². The molecule has 0 bridgehead atoms. The van der Waals surface area contributed by atoms with Gasteiger partial charge in [0.25, 0.3) is 0 Å². The average molecular weight is 1870 g/mol. The molecule has 24 aromatic carbocycles. The number of aromatic nitrogens is 9. The molecule has 33 rings (SSSR count). The minimum atomic E-state index is -0.526. The summed E-state index contributed by atoms with van der Waals surface area (Å²) in [5, 5.41) is 39.2. The summed E-state index contributed by atoms with van der Waals surface area (Å²) in [6, 6.07) is 159. The Morgan fingerprint density at radius 2 is 0.555 bits per heavy atom. The van der Waals surface area contributed by atoms with Gasteiger partial charge in [0, 0.05) is 97.0 Å². The number of furan rings is 1. The van der Waals surface area contributed by atoms with Crippen LogP contribution in [0.15, 0.2) is 435 Å². The fourth-order valence-corrected chi connectivity index (χ4v) is 26.7. The molecule has 1 aliphatic carbocycles. The molecule has 0 fully saturated rings. The first-order valence-corrected chi connectivity index (χ1v) is 50.8. The summed E-state index contributed by atoms with van der Waals surface area (Å²) in [4.78, 5) is 35.7. The molecule has 0 amide bonds. The molecule has 0 saturated carbocycles. The molecule has 0 radical (unpaired) electrons. The highest BCUT2D eigenvalue weighted by molar-refractivity contribution is 7.25. The van der Waals surface area contributed by atoms with Crippen LogP contribution in [0.3, 0.4) is 0 Å². The Kier molecular flexibility index (Phi) is 16.2. The molecule has 0 unspecified atom stereocenters. The third kappa shape index (κ3) is 11.1. The third-order valence-corrected chi connectivity index (χ3v) is 33.2. The molecular weight excluding hydrogens is 1800 g/mol. The molecular formula is C135H77N9OS. The summed E-state index contributed by atoms with van der Waals surface area (Å²) in [7, 11) is 0. The highest BCUT2D eigenvalue weighted by Gasteiger charge is 2.41. The van der Waals surface area contributed by atoms with Crippen LogP contribution in [0.5, 0.6) is 0 Å². The second-order valence-electron chi connectivity index (χ2n) is 40.1. The maximum atomic E-state index is 7.22. The van der Waals surface area contributed by atoms with Gasteiger partial charge in [0.1, 0.15) is 10.4 Å². The molecule has 10 nitrogen and oxygen atoms in total. The van der Waals surface area contributed by atoms with E-state index < -0.39 is 5.41 Å². The summed E-state index contributed by atoms with van der Waals surface area (Å²) in [5.74, 6) is 1.78. The van der Waals surface area contributed by atoms with Crippen molar-refractivity contribution in [2.45, 2.75) is 19.3 Å². The van der Waals surface area contributed by atoms with Gasteiger partial charge in [0.2, 0.25) is 23.6 Å². The Hall–Kier alpha value is -18.9. The highest BCUT2D eigenvalue weighted by Crippen LogP contribution is 2.56. The molecule has 146 heavy (non-hydrogen) atoms. The van der Waals surface area contributed by atoms with Crippen LogP contribution in [0.25, 0.3) is 322 Å². The maximum absolute atomic E-state index is 7.22. The average Bonchev–Trinajstić information content (AvgIpc) is 1.53. The standard InChI is InChI=1S/C135H77N9OS/c1-135(2)108-59-52-85(66-103(108)123-126(74-28-6-3-7-29-74)136-132(139-129(123)135)142-109-60-56-95-89-42-19-18-40-87(89)88-41-24-25-47-94(88)117(95)120(109)104-67-77-34-12-15-37-80(77)71-112(104)142)83-50-54-98-101(64-83)92-45-22-20-43-90(92)96-57-61-110-121(118(96)98)105-68-78-35-13-16-38-81(78)72-113(105)143(110)133-137-127(75-30-8-4-9-31-75)124-107-70-86(53-63-115(107)145-130(124)140-133)84-51-55-99-102(65-84)93-46-23-21-44-91(93)97-58-62-111-122(119(97)99)106-69-79-36-14-17-39-82(79)73-114(106)144(111)134-138-128(76-32-10-5-11-33-76)125-100-48-26-27-49-116(100)146-131(125)141-134/h3-73H,1-2H3. The van der Waals surface area contributed by atoms with E-state index >= 15 is 0 Å². The lowest BCUT2D eigenvalue weighted by Gasteiger charge is -2.21. The van der Waals surface area contributed by atoms with Gasteiger partial charge >= 0.3 is 0 Å². The summed E-state index contributed by atoms with van der Waals surface area (Å²) < 4.78 is 15.4. The molecule has 0 spiro atoms. The van der Waals surface area contributed by atoms with E-state index in [1.807, 2.05) is 0 Å². The van der Waals surface area contributed by atoms with Gasteiger partial charge < -0.3 is 4.42 Å². The molecule has 1 aliphatic rings. The van der Waals surface area contributed by atoms with Crippen molar-refractivity contribution in [3.8, 4) is 85.0 Å². The van der Waals surface area contributed by atoms with Gasteiger partial charge in [-0.05, 0) is 237 Å². The largest absolute Gasteiger partial charge is 0.437 e.